The fourth-order valence-corrected chi connectivity index (χ4v) is 5.19. The third-order valence-electron chi connectivity index (χ3n) is 5.81. The lowest BCUT2D eigenvalue weighted by atomic mass is 10.1. The number of carbonyl (C=O) groups is 2. The summed E-state index contributed by atoms with van der Waals surface area (Å²) in [5.74, 6) is -0.949. The molecule has 0 aliphatic rings. The molecule has 2 aromatic rings. The Morgan fingerprint density at radius 2 is 1.74 bits per heavy atom. The van der Waals surface area contributed by atoms with Crippen molar-refractivity contribution in [3.05, 3.63) is 67.7 Å². The number of aryl methyl sites for hydroxylation is 1. The first-order valence-electron chi connectivity index (χ1n) is 11.9. The maximum atomic E-state index is 13.8. The fraction of sp³-hybridized carbons (Fsp3) is 0.440. The van der Waals surface area contributed by atoms with Crippen molar-refractivity contribution in [1.82, 2.24) is 10.2 Å². The molecule has 1 atom stereocenters. The van der Waals surface area contributed by atoms with Crippen molar-refractivity contribution in [2.45, 2.75) is 46.7 Å². The number of nitro benzene ring substituents is 1. The van der Waals surface area contributed by atoms with Crippen LogP contribution in [-0.2, 0) is 26.2 Å². The number of sulfonamides is 1. The van der Waals surface area contributed by atoms with Crippen LogP contribution in [0.5, 0.6) is 0 Å². The normalized spacial score (nSPS) is 12.2. The van der Waals surface area contributed by atoms with Crippen LogP contribution in [0.25, 0.3) is 0 Å². The minimum absolute atomic E-state index is 0.0110. The van der Waals surface area contributed by atoms with E-state index >= 15 is 0 Å². The van der Waals surface area contributed by atoms with Crippen molar-refractivity contribution in [2.24, 2.45) is 5.92 Å². The topological polar surface area (TPSA) is 130 Å². The highest BCUT2D eigenvalue weighted by Gasteiger charge is 2.33. The second-order valence-corrected chi connectivity index (χ2v) is 12.0. The van der Waals surface area contributed by atoms with Gasteiger partial charge in [0.25, 0.3) is 5.69 Å². The molecule has 0 aliphatic heterocycles. The highest BCUT2D eigenvalue weighted by Crippen LogP contribution is 2.30. The minimum Gasteiger partial charge on any atom is -0.354 e. The Labute approximate surface area is 233 Å². The number of halogens is 2. The van der Waals surface area contributed by atoms with Gasteiger partial charge in [0.1, 0.15) is 12.6 Å². The predicted molar refractivity (Wildman–Crippen MR) is 149 cm³/mol. The monoisotopic (exact) mass is 586 g/mol. The Morgan fingerprint density at radius 3 is 2.24 bits per heavy atom. The van der Waals surface area contributed by atoms with E-state index in [1.165, 1.54) is 17.0 Å². The summed E-state index contributed by atoms with van der Waals surface area (Å²) in [5, 5.41) is 14.7. The largest absolute Gasteiger partial charge is 0.354 e. The summed E-state index contributed by atoms with van der Waals surface area (Å²) < 4.78 is 26.4. The first-order valence-corrected chi connectivity index (χ1v) is 14.5. The first-order chi connectivity index (χ1) is 17.7. The van der Waals surface area contributed by atoms with E-state index in [9.17, 15) is 28.1 Å². The molecule has 2 rings (SSSR count). The molecule has 0 fully saturated rings. The molecule has 208 valence electrons. The zero-order chi connectivity index (χ0) is 28.8. The summed E-state index contributed by atoms with van der Waals surface area (Å²) in [6.45, 7) is 6.70. The van der Waals surface area contributed by atoms with E-state index in [-0.39, 0.29) is 40.3 Å². The smallest absolute Gasteiger partial charge is 0.271 e. The van der Waals surface area contributed by atoms with Crippen molar-refractivity contribution >= 4 is 56.4 Å². The maximum Gasteiger partial charge on any atom is 0.271 e. The van der Waals surface area contributed by atoms with Gasteiger partial charge in [0, 0.05) is 40.8 Å². The highest BCUT2D eigenvalue weighted by atomic mass is 35.5. The van der Waals surface area contributed by atoms with Gasteiger partial charge in [0.05, 0.1) is 16.9 Å². The maximum absolute atomic E-state index is 13.8. The van der Waals surface area contributed by atoms with Gasteiger partial charge in [0.15, 0.2) is 0 Å². The zero-order valence-electron chi connectivity index (χ0n) is 21.9. The number of hydrogen-bond acceptors (Lipinski definition) is 6. The minimum atomic E-state index is -4.06. The van der Waals surface area contributed by atoms with E-state index in [4.69, 9.17) is 23.2 Å². The molecule has 10 nitrogen and oxygen atoms in total. The van der Waals surface area contributed by atoms with Gasteiger partial charge in [-0.1, -0.05) is 56.1 Å². The van der Waals surface area contributed by atoms with Crippen LogP contribution in [0, 0.1) is 23.0 Å². The summed E-state index contributed by atoms with van der Waals surface area (Å²) in [5.41, 5.74) is 0.474. The Kier molecular flexibility index (Phi) is 10.9. The molecule has 0 heterocycles. The van der Waals surface area contributed by atoms with E-state index in [2.05, 4.69) is 5.32 Å². The molecular formula is C25H32Cl2N4O6S. The molecule has 1 N–H and O–H groups in total. The van der Waals surface area contributed by atoms with Crippen molar-refractivity contribution in [2.75, 3.05) is 23.7 Å². The van der Waals surface area contributed by atoms with Gasteiger partial charge in [-0.3, -0.25) is 24.0 Å². The number of nitrogens with zero attached hydrogens (tertiary/aromatic N) is 3. The van der Waals surface area contributed by atoms with Gasteiger partial charge in [0.2, 0.25) is 21.8 Å². The van der Waals surface area contributed by atoms with Crippen molar-refractivity contribution < 1.29 is 22.9 Å². The van der Waals surface area contributed by atoms with Gasteiger partial charge in [-0.15, -0.1) is 0 Å². The number of benzene rings is 2. The van der Waals surface area contributed by atoms with Crippen LogP contribution in [-0.4, -0.2) is 55.4 Å². The molecule has 38 heavy (non-hydrogen) atoms. The van der Waals surface area contributed by atoms with Crippen LogP contribution in [0.15, 0.2) is 36.4 Å². The van der Waals surface area contributed by atoms with Crippen LogP contribution in [0.3, 0.4) is 0 Å². The van der Waals surface area contributed by atoms with Crippen LogP contribution in [0.2, 0.25) is 10.0 Å². The highest BCUT2D eigenvalue weighted by molar-refractivity contribution is 7.92. The predicted octanol–water partition coefficient (Wildman–Crippen LogP) is 4.56. The van der Waals surface area contributed by atoms with E-state index in [1.54, 1.807) is 32.0 Å². The molecule has 0 aliphatic carbocycles. The summed E-state index contributed by atoms with van der Waals surface area (Å²) in [6, 6.07) is 7.64. The average molecular weight is 588 g/mol. The standard InChI is InChI=1S/C25H32Cl2N4O6S/c1-6-22(25(33)28-13-16(2)3)29(14-19-20(26)8-7-9-21(19)27)24(32)15-30(38(5,36)37)23-12-18(31(34)35)11-10-17(23)4/h7-12,16,22H,6,13-15H2,1-5H3,(H,28,33). The first kappa shape index (κ1) is 31.3. The van der Waals surface area contributed by atoms with Gasteiger partial charge in [-0.2, -0.15) is 0 Å². The van der Waals surface area contributed by atoms with Gasteiger partial charge in [-0.05, 0) is 37.0 Å². The van der Waals surface area contributed by atoms with E-state index in [0.717, 1.165) is 16.6 Å². The van der Waals surface area contributed by atoms with Crippen LogP contribution < -0.4 is 9.62 Å². The Hall–Kier alpha value is -2.89. The van der Waals surface area contributed by atoms with Gasteiger partial charge >= 0.3 is 0 Å². The molecule has 0 saturated carbocycles. The van der Waals surface area contributed by atoms with Gasteiger partial charge in [-0.25, -0.2) is 8.42 Å². The summed E-state index contributed by atoms with van der Waals surface area (Å²) in [7, 11) is -4.06. The van der Waals surface area contributed by atoms with Crippen molar-refractivity contribution in [3.63, 3.8) is 0 Å². The summed E-state index contributed by atoms with van der Waals surface area (Å²) in [4.78, 5) is 38.9. The fourth-order valence-electron chi connectivity index (χ4n) is 3.77. The SMILES string of the molecule is CCC(C(=O)NCC(C)C)N(Cc1c(Cl)cccc1Cl)C(=O)CN(c1cc([N+](=O)[O-])ccc1C)S(C)(=O)=O. The molecule has 1 unspecified atom stereocenters. The van der Waals surface area contributed by atoms with E-state index in [1.807, 2.05) is 13.8 Å². The lowest BCUT2D eigenvalue weighted by molar-refractivity contribution is -0.384. The number of carbonyl (C=O) groups excluding carboxylic acids is 2. The third kappa shape index (κ3) is 8.05. The zero-order valence-corrected chi connectivity index (χ0v) is 24.2. The molecular weight excluding hydrogens is 555 g/mol. The number of anilines is 1. The summed E-state index contributed by atoms with van der Waals surface area (Å²) in [6.07, 6.45) is 1.13. The molecule has 0 radical (unpaired) electrons. The third-order valence-corrected chi connectivity index (χ3v) is 7.65. The van der Waals surface area contributed by atoms with Crippen molar-refractivity contribution in [3.8, 4) is 0 Å². The number of rotatable bonds is 12. The molecule has 2 amide bonds. The molecule has 0 saturated heterocycles. The number of hydrogen-bond donors (Lipinski definition) is 1. The average Bonchev–Trinajstić information content (AvgIpc) is 2.82. The second kappa shape index (κ2) is 13.3. The number of amides is 2. The Balaban J connectivity index is 2.57. The van der Waals surface area contributed by atoms with Crippen LogP contribution in [0.1, 0.15) is 38.3 Å². The summed E-state index contributed by atoms with van der Waals surface area (Å²) >= 11 is 12.7. The molecule has 0 aromatic heterocycles. The van der Waals surface area contributed by atoms with Crippen LogP contribution in [0.4, 0.5) is 11.4 Å². The lowest BCUT2D eigenvalue weighted by Crippen LogP contribution is -2.52. The van der Waals surface area contributed by atoms with Gasteiger partial charge < -0.3 is 10.2 Å². The van der Waals surface area contributed by atoms with E-state index in [0.29, 0.717) is 17.7 Å². The van der Waals surface area contributed by atoms with E-state index < -0.39 is 39.3 Å². The Morgan fingerprint density at radius 1 is 1.13 bits per heavy atom. The molecule has 2 aromatic carbocycles. The lowest BCUT2D eigenvalue weighted by Gasteiger charge is -2.33. The number of non-ortho nitro benzene ring substituents is 1. The Bertz CT molecular complexity index is 1280. The second-order valence-electron chi connectivity index (χ2n) is 9.28. The van der Waals surface area contributed by atoms with Crippen LogP contribution >= 0.6 is 23.2 Å². The molecule has 0 spiro atoms. The molecule has 13 heteroatoms. The molecule has 0 bridgehead atoms. The van der Waals surface area contributed by atoms with Crippen molar-refractivity contribution in [1.29, 1.82) is 0 Å². The number of nitrogens with one attached hydrogen (secondary N) is 1. The number of nitro groups is 1. The quantitative estimate of drug-likeness (QED) is 0.286.